The van der Waals surface area contributed by atoms with Crippen molar-refractivity contribution in [2.75, 3.05) is 5.75 Å². The second kappa shape index (κ2) is 4.61. The lowest BCUT2D eigenvalue weighted by atomic mass is 10.7. The van der Waals surface area contributed by atoms with Crippen molar-refractivity contribution in [3.8, 4) is 0 Å². The fraction of sp³-hybridized carbons (Fsp3) is 0.333. The van der Waals surface area contributed by atoms with Gasteiger partial charge >= 0.3 is 0 Å². The van der Waals surface area contributed by atoms with E-state index in [2.05, 4.69) is 13.2 Å². The van der Waals surface area contributed by atoms with E-state index in [1.54, 1.807) is 0 Å². The molecule has 0 spiro atoms. The van der Waals surface area contributed by atoms with Crippen molar-refractivity contribution in [1.82, 2.24) is 0 Å². The van der Waals surface area contributed by atoms with Crippen LogP contribution in [0, 0.1) is 0 Å². The molecule has 1 radical (unpaired) electrons. The van der Waals surface area contributed by atoms with E-state index in [1.165, 1.54) is 6.08 Å². The minimum Gasteiger partial charge on any atom is -0.614 e. The summed E-state index contributed by atoms with van der Waals surface area (Å²) in [6.45, 7) is 6.58. The second-order valence-corrected chi connectivity index (χ2v) is 3.00. The van der Waals surface area contributed by atoms with Crippen LogP contribution in [-0.2, 0) is 16.3 Å². The van der Waals surface area contributed by atoms with E-state index in [9.17, 15) is 9.66 Å². The standard InChI is InChI=1S/C6H9O2S/c1-3-5-9(8)6(7)4-2/h3-4,6H,1-2,5H2/t6-,9?/m0/s1. The van der Waals surface area contributed by atoms with Crippen LogP contribution in [0.5, 0.6) is 0 Å². The highest BCUT2D eigenvalue weighted by Gasteiger charge is 2.13. The van der Waals surface area contributed by atoms with Gasteiger partial charge in [0.05, 0.1) is 0 Å². The lowest BCUT2D eigenvalue weighted by Crippen LogP contribution is -2.18. The third-order valence-electron chi connectivity index (χ3n) is 0.734. The minimum absolute atomic E-state index is 0.250. The Morgan fingerprint density at radius 3 is 2.56 bits per heavy atom. The van der Waals surface area contributed by atoms with Gasteiger partial charge in [-0.3, -0.25) is 0 Å². The highest BCUT2D eigenvalue weighted by Crippen LogP contribution is 2.00. The molecule has 2 atom stereocenters. The summed E-state index contributed by atoms with van der Waals surface area (Å²) in [5.41, 5.74) is -1.16. The van der Waals surface area contributed by atoms with E-state index in [0.717, 1.165) is 6.08 Å². The second-order valence-electron chi connectivity index (χ2n) is 1.44. The molecule has 0 N–H and O–H groups in total. The molecule has 0 aliphatic heterocycles. The van der Waals surface area contributed by atoms with Crippen molar-refractivity contribution in [1.29, 1.82) is 0 Å². The molecule has 9 heavy (non-hydrogen) atoms. The molecule has 0 bridgehead atoms. The first-order valence-electron chi connectivity index (χ1n) is 2.48. The number of hydrogen-bond donors (Lipinski definition) is 0. The van der Waals surface area contributed by atoms with Gasteiger partial charge in [0.25, 0.3) is 5.44 Å². The minimum atomic E-state index is -1.36. The van der Waals surface area contributed by atoms with Crippen LogP contribution < -0.4 is 0 Å². The summed E-state index contributed by atoms with van der Waals surface area (Å²) in [5.74, 6) is 0.250. The molecule has 0 aliphatic carbocycles. The summed E-state index contributed by atoms with van der Waals surface area (Å²) in [6, 6.07) is 0. The summed E-state index contributed by atoms with van der Waals surface area (Å²) < 4.78 is 10.6. The first kappa shape index (κ1) is 8.75. The Kier molecular flexibility index (Phi) is 4.48. The maximum atomic E-state index is 10.6. The molecule has 0 rings (SSSR count). The maximum Gasteiger partial charge on any atom is 0.264 e. The molecule has 0 aromatic rings. The van der Waals surface area contributed by atoms with Crippen molar-refractivity contribution in [3.05, 3.63) is 25.3 Å². The van der Waals surface area contributed by atoms with Gasteiger partial charge in [-0.25, -0.2) is 0 Å². The average molecular weight is 145 g/mol. The first-order valence-corrected chi connectivity index (χ1v) is 3.87. The third kappa shape index (κ3) is 3.35. The van der Waals surface area contributed by atoms with E-state index < -0.39 is 16.6 Å². The Morgan fingerprint density at radius 1 is 1.67 bits per heavy atom. The topological polar surface area (TPSA) is 43.0 Å². The molecule has 0 saturated heterocycles. The molecule has 51 valence electrons. The van der Waals surface area contributed by atoms with Crippen LogP contribution in [0.4, 0.5) is 0 Å². The normalized spacial score (nSPS) is 16.2. The lowest BCUT2D eigenvalue weighted by Gasteiger charge is -2.08. The largest absolute Gasteiger partial charge is 0.614 e. The molecule has 1 unspecified atom stereocenters. The Hall–Kier alpha value is -0.250. The fourth-order valence-corrected chi connectivity index (χ4v) is 0.955. The molecule has 2 nitrogen and oxygen atoms in total. The average Bonchev–Trinajstić information content (AvgIpc) is 1.87. The maximum absolute atomic E-state index is 10.6. The van der Waals surface area contributed by atoms with Crippen molar-refractivity contribution in [2.24, 2.45) is 0 Å². The molecular weight excluding hydrogens is 136 g/mol. The van der Waals surface area contributed by atoms with Crippen LogP contribution in [0.1, 0.15) is 0 Å². The van der Waals surface area contributed by atoms with Crippen LogP contribution >= 0.6 is 0 Å². The zero-order valence-electron chi connectivity index (χ0n) is 5.08. The van der Waals surface area contributed by atoms with E-state index in [1.807, 2.05) is 0 Å². The van der Waals surface area contributed by atoms with Crippen LogP contribution in [0.3, 0.4) is 0 Å². The summed E-state index contributed by atoms with van der Waals surface area (Å²) in [7, 11) is 0. The Labute approximate surface area is 58.1 Å². The SMILES string of the molecule is C=CC[S+]([O-])[C@H]([O])C=C. The Morgan fingerprint density at radius 2 is 2.22 bits per heavy atom. The number of rotatable bonds is 4. The van der Waals surface area contributed by atoms with Crippen molar-refractivity contribution in [2.45, 2.75) is 5.44 Å². The van der Waals surface area contributed by atoms with E-state index in [4.69, 9.17) is 0 Å². The highest BCUT2D eigenvalue weighted by molar-refractivity contribution is 7.92. The monoisotopic (exact) mass is 145 g/mol. The van der Waals surface area contributed by atoms with Gasteiger partial charge in [0.15, 0.2) is 0 Å². The van der Waals surface area contributed by atoms with Crippen LogP contribution in [0.15, 0.2) is 25.3 Å². The zero-order chi connectivity index (χ0) is 7.28. The van der Waals surface area contributed by atoms with E-state index in [-0.39, 0.29) is 5.75 Å². The summed E-state index contributed by atoms with van der Waals surface area (Å²) in [6.07, 6.45) is 2.60. The molecule has 3 heteroatoms. The highest BCUT2D eigenvalue weighted by atomic mass is 32.2. The Bertz CT molecular complexity index is 103. The van der Waals surface area contributed by atoms with E-state index in [0.29, 0.717) is 0 Å². The molecule has 0 heterocycles. The molecule has 0 saturated carbocycles. The fourth-order valence-electron chi connectivity index (χ4n) is 0.318. The summed E-state index contributed by atoms with van der Waals surface area (Å²) in [5, 5.41) is 10.5. The van der Waals surface area contributed by atoms with Crippen molar-refractivity contribution < 1.29 is 9.66 Å². The summed E-state index contributed by atoms with van der Waals surface area (Å²) >= 11 is -1.36. The molecule has 0 aliphatic rings. The van der Waals surface area contributed by atoms with Gasteiger partial charge in [0.1, 0.15) is 5.75 Å². The Balaban J connectivity index is 3.56. The van der Waals surface area contributed by atoms with Crippen LogP contribution in [0.25, 0.3) is 0 Å². The molecule has 0 aromatic heterocycles. The van der Waals surface area contributed by atoms with Gasteiger partial charge in [-0.2, -0.15) is 5.11 Å². The smallest absolute Gasteiger partial charge is 0.264 e. The summed E-state index contributed by atoms with van der Waals surface area (Å²) in [4.78, 5) is 0. The van der Waals surface area contributed by atoms with Crippen molar-refractivity contribution >= 4 is 11.2 Å². The van der Waals surface area contributed by atoms with Crippen LogP contribution in [-0.4, -0.2) is 15.7 Å². The van der Waals surface area contributed by atoms with Crippen molar-refractivity contribution in [3.63, 3.8) is 0 Å². The van der Waals surface area contributed by atoms with Gasteiger partial charge in [-0.05, 0) is 23.3 Å². The molecule has 0 fully saturated rings. The van der Waals surface area contributed by atoms with Gasteiger partial charge in [-0.15, -0.1) is 0 Å². The first-order chi connectivity index (χ1) is 4.22. The van der Waals surface area contributed by atoms with Gasteiger partial charge in [-0.1, -0.05) is 13.2 Å². The zero-order valence-corrected chi connectivity index (χ0v) is 5.89. The molecule has 0 aromatic carbocycles. The quantitative estimate of drug-likeness (QED) is 0.427. The lowest BCUT2D eigenvalue weighted by molar-refractivity contribution is 0.193. The molecule has 0 amide bonds. The number of hydrogen-bond acceptors (Lipinski definition) is 1. The van der Waals surface area contributed by atoms with Crippen LogP contribution in [0.2, 0.25) is 0 Å². The predicted octanol–water partition coefficient (Wildman–Crippen LogP) is 0.864. The van der Waals surface area contributed by atoms with Gasteiger partial charge in [0.2, 0.25) is 0 Å². The van der Waals surface area contributed by atoms with Gasteiger partial charge < -0.3 is 4.55 Å². The van der Waals surface area contributed by atoms with E-state index >= 15 is 0 Å². The molecular formula is C6H9O2S. The predicted molar refractivity (Wildman–Crippen MR) is 37.9 cm³/mol. The third-order valence-corrected chi connectivity index (χ3v) is 2.01. The van der Waals surface area contributed by atoms with Gasteiger partial charge in [0, 0.05) is 0 Å².